The number of alkyl halides is 3. The van der Waals surface area contributed by atoms with Crippen molar-refractivity contribution in [2.45, 2.75) is 24.0 Å². The molecule has 6 nitrogen and oxygen atoms in total. The summed E-state index contributed by atoms with van der Waals surface area (Å²) in [5.41, 5.74) is 0.112. The number of hydrogen-bond acceptors (Lipinski definition) is 4. The lowest BCUT2D eigenvalue weighted by molar-refractivity contribution is -0.137. The maximum atomic E-state index is 13.1. The molecule has 0 spiro atoms. The van der Waals surface area contributed by atoms with Gasteiger partial charge in [0.2, 0.25) is 10.0 Å². The Kier molecular flexibility index (Phi) is 4.23. The normalized spacial score (nSPS) is 20.2. The van der Waals surface area contributed by atoms with Crippen LogP contribution in [0.15, 0.2) is 41.4 Å². The molecule has 1 atom stereocenters. The number of halogens is 3. The first-order chi connectivity index (χ1) is 13.1. The summed E-state index contributed by atoms with van der Waals surface area (Å²) in [5, 5.41) is 0. The molecular weight excluding hydrogens is 395 g/mol. The van der Waals surface area contributed by atoms with Crippen molar-refractivity contribution in [1.82, 2.24) is 14.2 Å². The molecule has 2 aromatic rings. The van der Waals surface area contributed by atoms with Crippen LogP contribution in [0.3, 0.4) is 0 Å². The van der Waals surface area contributed by atoms with Crippen molar-refractivity contribution in [3.05, 3.63) is 58.9 Å². The second kappa shape index (κ2) is 6.28. The Bertz CT molecular complexity index is 1070. The van der Waals surface area contributed by atoms with Crippen LogP contribution in [-0.2, 0) is 16.2 Å². The SMILES string of the molecule is Cc1cc(C(F)(F)F)ccc1S(=O)(=O)N1CCN2C(=O)c3cccnc3[C@@H]2C1. The van der Waals surface area contributed by atoms with Crippen molar-refractivity contribution >= 4 is 15.9 Å². The zero-order chi connectivity index (χ0) is 20.3. The van der Waals surface area contributed by atoms with Gasteiger partial charge in [0, 0.05) is 25.8 Å². The lowest BCUT2D eigenvalue weighted by Crippen LogP contribution is -2.49. The molecule has 2 aliphatic rings. The molecule has 0 N–H and O–H groups in total. The molecule has 2 aliphatic heterocycles. The number of pyridine rings is 1. The summed E-state index contributed by atoms with van der Waals surface area (Å²) in [7, 11) is -4.01. The number of carbonyl (C=O) groups is 1. The summed E-state index contributed by atoms with van der Waals surface area (Å²) in [5.74, 6) is -0.184. The van der Waals surface area contributed by atoms with Gasteiger partial charge in [-0.3, -0.25) is 9.78 Å². The molecule has 0 bridgehead atoms. The van der Waals surface area contributed by atoms with E-state index in [1.165, 1.54) is 11.2 Å². The minimum Gasteiger partial charge on any atom is -0.327 e. The van der Waals surface area contributed by atoms with Gasteiger partial charge in [0.05, 0.1) is 27.8 Å². The summed E-state index contributed by atoms with van der Waals surface area (Å²) in [6, 6.07) is 5.40. The monoisotopic (exact) mass is 411 g/mol. The van der Waals surface area contributed by atoms with E-state index in [0.717, 1.165) is 18.2 Å². The molecule has 1 amide bonds. The van der Waals surface area contributed by atoms with Crippen molar-refractivity contribution in [3.63, 3.8) is 0 Å². The third-order valence-electron chi connectivity index (χ3n) is 5.11. The molecule has 0 aliphatic carbocycles. The molecule has 3 heterocycles. The number of nitrogens with zero attached hydrogens (tertiary/aromatic N) is 3. The van der Waals surface area contributed by atoms with E-state index in [1.54, 1.807) is 23.2 Å². The first kappa shape index (κ1) is 18.9. The number of carbonyl (C=O) groups excluding carboxylic acids is 1. The van der Waals surface area contributed by atoms with Crippen molar-refractivity contribution in [1.29, 1.82) is 0 Å². The Hall–Kier alpha value is -2.46. The number of aryl methyl sites for hydroxylation is 1. The molecule has 1 aromatic heterocycles. The van der Waals surface area contributed by atoms with Crippen molar-refractivity contribution in [3.8, 4) is 0 Å². The van der Waals surface area contributed by atoms with Crippen LogP contribution in [0.1, 0.15) is 33.2 Å². The minimum absolute atomic E-state index is 0.0124. The van der Waals surface area contributed by atoms with E-state index in [2.05, 4.69) is 4.98 Å². The van der Waals surface area contributed by atoms with Crippen LogP contribution < -0.4 is 0 Å². The van der Waals surface area contributed by atoms with Crippen LogP contribution in [0.5, 0.6) is 0 Å². The van der Waals surface area contributed by atoms with Crippen LogP contribution in [0.4, 0.5) is 13.2 Å². The maximum Gasteiger partial charge on any atom is 0.416 e. The summed E-state index contributed by atoms with van der Waals surface area (Å²) in [4.78, 5) is 18.1. The number of aromatic nitrogens is 1. The Morgan fingerprint density at radius 3 is 2.61 bits per heavy atom. The Labute approximate surface area is 159 Å². The number of rotatable bonds is 2. The van der Waals surface area contributed by atoms with E-state index in [0.29, 0.717) is 11.3 Å². The molecule has 1 fully saturated rings. The van der Waals surface area contributed by atoms with Crippen molar-refractivity contribution in [2.75, 3.05) is 19.6 Å². The largest absolute Gasteiger partial charge is 0.416 e. The Morgan fingerprint density at radius 2 is 1.93 bits per heavy atom. The molecule has 28 heavy (non-hydrogen) atoms. The third kappa shape index (κ3) is 2.87. The Balaban J connectivity index is 1.66. The van der Waals surface area contributed by atoms with E-state index >= 15 is 0 Å². The highest BCUT2D eigenvalue weighted by molar-refractivity contribution is 7.89. The molecule has 148 valence electrons. The molecule has 0 radical (unpaired) electrons. The van der Waals surface area contributed by atoms with Gasteiger partial charge in [-0.2, -0.15) is 17.5 Å². The van der Waals surface area contributed by atoms with Gasteiger partial charge in [0.1, 0.15) is 0 Å². The minimum atomic E-state index is -4.54. The van der Waals surface area contributed by atoms with Gasteiger partial charge in [-0.15, -0.1) is 0 Å². The highest BCUT2D eigenvalue weighted by Gasteiger charge is 2.44. The van der Waals surface area contributed by atoms with Crippen molar-refractivity contribution in [2.24, 2.45) is 0 Å². The molecule has 0 saturated carbocycles. The highest BCUT2D eigenvalue weighted by Crippen LogP contribution is 2.37. The van der Waals surface area contributed by atoms with Crippen LogP contribution >= 0.6 is 0 Å². The number of hydrogen-bond donors (Lipinski definition) is 0. The van der Waals surface area contributed by atoms with E-state index in [4.69, 9.17) is 0 Å². The second-order valence-electron chi connectivity index (χ2n) is 6.79. The molecule has 10 heteroatoms. The van der Waals surface area contributed by atoms with Crippen LogP contribution in [0.25, 0.3) is 0 Å². The van der Waals surface area contributed by atoms with Gasteiger partial charge in [-0.05, 0) is 42.8 Å². The van der Waals surface area contributed by atoms with E-state index in [1.807, 2.05) is 0 Å². The molecule has 4 rings (SSSR count). The number of amides is 1. The fraction of sp³-hybridized carbons (Fsp3) is 0.333. The average Bonchev–Trinajstić information content (AvgIpc) is 2.93. The van der Waals surface area contributed by atoms with Gasteiger partial charge in [0.15, 0.2) is 0 Å². The van der Waals surface area contributed by atoms with E-state index in [-0.39, 0.29) is 36.0 Å². The lowest BCUT2D eigenvalue weighted by Gasteiger charge is -2.36. The van der Waals surface area contributed by atoms with Gasteiger partial charge in [-0.25, -0.2) is 8.42 Å². The van der Waals surface area contributed by atoms with Crippen LogP contribution in [0, 0.1) is 6.92 Å². The molecular formula is C18H16F3N3O3S. The first-order valence-electron chi connectivity index (χ1n) is 8.54. The summed E-state index contributed by atoms with van der Waals surface area (Å²) < 4.78 is 66.0. The van der Waals surface area contributed by atoms with Gasteiger partial charge < -0.3 is 4.90 Å². The molecule has 1 aromatic carbocycles. The van der Waals surface area contributed by atoms with Crippen LogP contribution in [-0.4, -0.2) is 48.1 Å². The van der Waals surface area contributed by atoms with E-state index in [9.17, 15) is 26.4 Å². The molecule has 1 saturated heterocycles. The van der Waals surface area contributed by atoms with Crippen LogP contribution in [0.2, 0.25) is 0 Å². The van der Waals surface area contributed by atoms with Gasteiger partial charge in [-0.1, -0.05) is 0 Å². The number of sulfonamides is 1. The number of benzene rings is 1. The fourth-order valence-electron chi connectivity index (χ4n) is 3.73. The zero-order valence-corrected chi connectivity index (χ0v) is 15.6. The predicted molar refractivity (Wildman–Crippen MR) is 93.0 cm³/mol. The number of fused-ring (bicyclic) bond motifs is 3. The number of piperazine rings is 1. The predicted octanol–water partition coefficient (Wildman–Crippen LogP) is 2.61. The van der Waals surface area contributed by atoms with Gasteiger partial charge >= 0.3 is 6.18 Å². The molecule has 0 unspecified atom stereocenters. The first-order valence-corrected chi connectivity index (χ1v) is 9.98. The Morgan fingerprint density at radius 1 is 1.18 bits per heavy atom. The standard InChI is InChI=1S/C18H16F3N3O3S/c1-11-9-12(18(19,20)21)4-5-15(11)28(26,27)23-7-8-24-14(10-23)16-13(17(24)25)3-2-6-22-16/h2-6,9,14H,7-8,10H2,1H3/t14-/m0/s1. The second-order valence-corrected chi connectivity index (χ2v) is 8.70. The maximum absolute atomic E-state index is 13.1. The summed E-state index contributed by atoms with van der Waals surface area (Å²) in [6.07, 6.45) is -3.00. The topological polar surface area (TPSA) is 70.6 Å². The fourth-order valence-corrected chi connectivity index (χ4v) is 5.37. The zero-order valence-electron chi connectivity index (χ0n) is 14.8. The third-order valence-corrected chi connectivity index (χ3v) is 7.13. The lowest BCUT2D eigenvalue weighted by atomic mass is 10.1. The smallest absolute Gasteiger partial charge is 0.327 e. The highest BCUT2D eigenvalue weighted by atomic mass is 32.2. The van der Waals surface area contributed by atoms with E-state index < -0.39 is 27.8 Å². The average molecular weight is 411 g/mol. The summed E-state index contributed by atoms with van der Waals surface area (Å²) >= 11 is 0. The quantitative estimate of drug-likeness (QED) is 0.762. The van der Waals surface area contributed by atoms with Gasteiger partial charge in [0.25, 0.3) is 5.91 Å². The summed E-state index contributed by atoms with van der Waals surface area (Å²) in [6.45, 7) is 1.62. The van der Waals surface area contributed by atoms with Crippen molar-refractivity contribution < 1.29 is 26.4 Å².